The summed E-state index contributed by atoms with van der Waals surface area (Å²) in [7, 11) is 1.87. The van der Waals surface area contributed by atoms with Gasteiger partial charge in [-0.25, -0.2) is 9.67 Å². The minimum atomic E-state index is 0.351. The van der Waals surface area contributed by atoms with E-state index in [1.807, 2.05) is 31.3 Å². The maximum absolute atomic E-state index is 5.65. The summed E-state index contributed by atoms with van der Waals surface area (Å²) in [5.74, 6) is 2.86. The summed E-state index contributed by atoms with van der Waals surface area (Å²) in [5, 5.41) is 4.24. The molecule has 0 radical (unpaired) electrons. The predicted octanol–water partition coefficient (Wildman–Crippen LogP) is 1.98. The Kier molecular flexibility index (Phi) is 4.16. The van der Waals surface area contributed by atoms with Gasteiger partial charge in [0.25, 0.3) is 0 Å². The van der Waals surface area contributed by atoms with E-state index in [1.165, 1.54) is 0 Å². The van der Waals surface area contributed by atoms with Gasteiger partial charge in [-0.15, -0.1) is 0 Å². The van der Waals surface area contributed by atoms with Crippen molar-refractivity contribution in [2.75, 3.05) is 6.61 Å². The normalized spacial score (nSPS) is 11.0. The lowest BCUT2D eigenvalue weighted by atomic mass is 10.2. The van der Waals surface area contributed by atoms with Crippen molar-refractivity contribution in [1.29, 1.82) is 0 Å². The van der Waals surface area contributed by atoms with E-state index in [4.69, 9.17) is 10.5 Å². The number of aryl methyl sites for hydroxylation is 1. The van der Waals surface area contributed by atoms with E-state index in [-0.39, 0.29) is 0 Å². The predicted molar refractivity (Wildman–Crippen MR) is 74.7 cm³/mol. The van der Waals surface area contributed by atoms with Crippen LogP contribution in [0.15, 0.2) is 24.3 Å². The van der Waals surface area contributed by atoms with Crippen molar-refractivity contribution in [3.63, 3.8) is 0 Å². The van der Waals surface area contributed by atoms with Crippen LogP contribution in [-0.4, -0.2) is 21.4 Å². The standard InChI is InChI=1S/C14H20N4O/c1-10(2)9-19-12-6-4-11(5-7-12)14-16-13(8-15)17-18(14)3/h4-7,10H,8-9,15H2,1-3H3. The highest BCUT2D eigenvalue weighted by atomic mass is 16.5. The molecule has 0 fully saturated rings. The highest BCUT2D eigenvalue weighted by molar-refractivity contribution is 5.56. The Bertz CT molecular complexity index is 531. The molecule has 102 valence electrons. The molecular weight excluding hydrogens is 240 g/mol. The maximum atomic E-state index is 5.65. The Morgan fingerprint density at radius 2 is 1.95 bits per heavy atom. The maximum Gasteiger partial charge on any atom is 0.164 e. The number of ether oxygens (including phenoxy) is 1. The fourth-order valence-corrected chi connectivity index (χ4v) is 1.74. The average Bonchev–Trinajstić information content (AvgIpc) is 2.78. The van der Waals surface area contributed by atoms with E-state index < -0.39 is 0 Å². The molecule has 0 aliphatic heterocycles. The SMILES string of the molecule is CC(C)COc1ccc(-c2nc(CN)nn2C)cc1. The van der Waals surface area contributed by atoms with Gasteiger partial charge in [-0.3, -0.25) is 0 Å². The first-order chi connectivity index (χ1) is 9.10. The molecular formula is C14H20N4O. The van der Waals surface area contributed by atoms with Crippen molar-refractivity contribution < 1.29 is 4.74 Å². The van der Waals surface area contributed by atoms with E-state index in [9.17, 15) is 0 Å². The molecule has 5 heteroatoms. The second-order valence-electron chi connectivity index (χ2n) is 4.91. The average molecular weight is 260 g/mol. The van der Waals surface area contributed by atoms with Gasteiger partial charge in [0.1, 0.15) is 5.75 Å². The van der Waals surface area contributed by atoms with Crippen molar-refractivity contribution in [3.8, 4) is 17.1 Å². The molecule has 0 spiro atoms. The molecule has 19 heavy (non-hydrogen) atoms. The van der Waals surface area contributed by atoms with E-state index in [1.54, 1.807) is 4.68 Å². The molecule has 1 heterocycles. The Balaban J connectivity index is 2.15. The quantitative estimate of drug-likeness (QED) is 0.892. The van der Waals surface area contributed by atoms with Crippen molar-refractivity contribution in [3.05, 3.63) is 30.1 Å². The van der Waals surface area contributed by atoms with E-state index in [2.05, 4.69) is 23.9 Å². The van der Waals surface area contributed by atoms with Gasteiger partial charge in [-0.05, 0) is 30.2 Å². The number of hydrogen-bond acceptors (Lipinski definition) is 4. The molecule has 0 aliphatic rings. The molecule has 0 amide bonds. The van der Waals surface area contributed by atoms with Crippen molar-refractivity contribution >= 4 is 0 Å². The smallest absolute Gasteiger partial charge is 0.164 e. The molecule has 2 aromatic rings. The summed E-state index contributed by atoms with van der Waals surface area (Å²) in [4.78, 5) is 4.39. The van der Waals surface area contributed by atoms with E-state index >= 15 is 0 Å². The molecule has 0 saturated heterocycles. The van der Waals surface area contributed by atoms with Crippen LogP contribution in [0, 0.1) is 5.92 Å². The monoisotopic (exact) mass is 260 g/mol. The van der Waals surface area contributed by atoms with Crippen LogP contribution in [0.25, 0.3) is 11.4 Å². The molecule has 0 unspecified atom stereocenters. The molecule has 1 aromatic heterocycles. The second-order valence-corrected chi connectivity index (χ2v) is 4.91. The summed E-state index contributed by atoms with van der Waals surface area (Å²) in [6.45, 7) is 5.33. The first-order valence-electron chi connectivity index (χ1n) is 6.43. The van der Waals surface area contributed by atoms with Crippen molar-refractivity contribution in [2.24, 2.45) is 18.7 Å². The van der Waals surface area contributed by atoms with Crippen LogP contribution >= 0.6 is 0 Å². The van der Waals surface area contributed by atoms with E-state index in [0.29, 0.717) is 18.3 Å². The Morgan fingerprint density at radius 1 is 1.26 bits per heavy atom. The molecule has 5 nitrogen and oxygen atoms in total. The summed E-state index contributed by atoms with van der Waals surface area (Å²) < 4.78 is 7.39. The summed E-state index contributed by atoms with van der Waals surface area (Å²) in [6.07, 6.45) is 0. The summed E-state index contributed by atoms with van der Waals surface area (Å²) in [6, 6.07) is 7.88. The van der Waals surface area contributed by atoms with Gasteiger partial charge in [0.2, 0.25) is 0 Å². The van der Waals surface area contributed by atoms with Gasteiger partial charge in [0.15, 0.2) is 11.6 Å². The zero-order valence-electron chi connectivity index (χ0n) is 11.6. The zero-order chi connectivity index (χ0) is 13.8. The van der Waals surface area contributed by atoms with Crippen molar-refractivity contribution in [1.82, 2.24) is 14.8 Å². The molecule has 2 rings (SSSR count). The van der Waals surface area contributed by atoms with Crippen molar-refractivity contribution in [2.45, 2.75) is 20.4 Å². The minimum Gasteiger partial charge on any atom is -0.493 e. The molecule has 0 bridgehead atoms. The number of nitrogens with two attached hydrogens (primary N) is 1. The molecule has 0 atom stereocenters. The second kappa shape index (κ2) is 5.84. The Hall–Kier alpha value is -1.88. The van der Waals surface area contributed by atoms with Crippen LogP contribution in [0.1, 0.15) is 19.7 Å². The van der Waals surface area contributed by atoms with Crippen LogP contribution in [0.4, 0.5) is 0 Å². The highest BCUT2D eigenvalue weighted by Crippen LogP contribution is 2.20. The van der Waals surface area contributed by atoms with Gasteiger partial charge in [-0.1, -0.05) is 13.8 Å². The fraction of sp³-hybridized carbons (Fsp3) is 0.429. The number of aromatic nitrogens is 3. The summed E-state index contributed by atoms with van der Waals surface area (Å²) in [5.41, 5.74) is 6.55. The topological polar surface area (TPSA) is 66.0 Å². The Labute approximate surface area is 113 Å². The van der Waals surface area contributed by atoms with Crippen LogP contribution in [-0.2, 0) is 13.6 Å². The summed E-state index contributed by atoms with van der Waals surface area (Å²) >= 11 is 0. The van der Waals surface area contributed by atoms with Gasteiger partial charge >= 0.3 is 0 Å². The van der Waals surface area contributed by atoms with Crippen LogP contribution < -0.4 is 10.5 Å². The third-order valence-corrected chi connectivity index (χ3v) is 2.69. The molecule has 1 aromatic carbocycles. The lowest BCUT2D eigenvalue weighted by Gasteiger charge is -2.08. The minimum absolute atomic E-state index is 0.351. The van der Waals surface area contributed by atoms with Gasteiger partial charge in [-0.2, -0.15) is 5.10 Å². The van der Waals surface area contributed by atoms with Gasteiger partial charge in [0, 0.05) is 12.6 Å². The highest BCUT2D eigenvalue weighted by Gasteiger charge is 2.08. The van der Waals surface area contributed by atoms with Gasteiger partial charge in [0.05, 0.1) is 13.2 Å². The lowest BCUT2D eigenvalue weighted by Crippen LogP contribution is -2.04. The Morgan fingerprint density at radius 3 is 2.47 bits per heavy atom. The fourth-order valence-electron chi connectivity index (χ4n) is 1.74. The van der Waals surface area contributed by atoms with Crippen LogP contribution in [0.3, 0.4) is 0 Å². The number of rotatable bonds is 5. The number of hydrogen-bond donors (Lipinski definition) is 1. The van der Waals surface area contributed by atoms with Gasteiger partial charge < -0.3 is 10.5 Å². The first-order valence-corrected chi connectivity index (χ1v) is 6.43. The molecule has 0 saturated carbocycles. The lowest BCUT2D eigenvalue weighted by molar-refractivity contribution is 0.271. The third-order valence-electron chi connectivity index (χ3n) is 2.69. The third kappa shape index (κ3) is 3.32. The van der Waals surface area contributed by atoms with Crippen LogP contribution in [0.2, 0.25) is 0 Å². The first kappa shape index (κ1) is 13.5. The number of benzene rings is 1. The van der Waals surface area contributed by atoms with Crippen LogP contribution in [0.5, 0.6) is 5.75 Å². The zero-order valence-corrected chi connectivity index (χ0v) is 11.6. The number of nitrogens with zero attached hydrogens (tertiary/aromatic N) is 3. The largest absolute Gasteiger partial charge is 0.493 e. The molecule has 0 aliphatic carbocycles. The van der Waals surface area contributed by atoms with E-state index in [0.717, 1.165) is 23.7 Å². The molecule has 2 N–H and O–H groups in total.